The Balaban J connectivity index is 1.63. The normalized spacial score (nSPS) is 10.2. The third kappa shape index (κ3) is 5.34. The summed E-state index contributed by atoms with van der Waals surface area (Å²) in [4.78, 5) is 12.7. The zero-order valence-electron chi connectivity index (χ0n) is 16.9. The van der Waals surface area contributed by atoms with Crippen molar-refractivity contribution in [1.82, 2.24) is 15.0 Å². The minimum Gasteiger partial charge on any atom is -0.424 e. The molecule has 4 rings (SSSR count). The van der Waals surface area contributed by atoms with E-state index >= 15 is 0 Å². The van der Waals surface area contributed by atoms with Crippen LogP contribution < -0.4 is 14.2 Å². The van der Waals surface area contributed by atoms with Gasteiger partial charge in [-0.1, -0.05) is 35.4 Å². The molecule has 0 bridgehead atoms. The van der Waals surface area contributed by atoms with Crippen LogP contribution in [0.15, 0.2) is 72.8 Å². The molecule has 0 aliphatic rings. The molecule has 3 aromatic carbocycles. The van der Waals surface area contributed by atoms with Gasteiger partial charge in [-0.25, -0.2) is 0 Å². The number of aromatic nitrogens is 3. The van der Waals surface area contributed by atoms with Crippen LogP contribution in [0.5, 0.6) is 35.3 Å². The minimum atomic E-state index is 0.00364. The molecule has 0 saturated carbocycles. The molecule has 0 unspecified atom stereocenters. The van der Waals surface area contributed by atoms with Gasteiger partial charge in [0.2, 0.25) is 0 Å². The van der Waals surface area contributed by atoms with Crippen LogP contribution in [-0.4, -0.2) is 15.0 Å². The van der Waals surface area contributed by atoms with Gasteiger partial charge in [0.1, 0.15) is 17.2 Å². The molecule has 1 aromatic heterocycles. The molecule has 7 heteroatoms. The Morgan fingerprint density at radius 3 is 1.19 bits per heavy atom. The van der Waals surface area contributed by atoms with E-state index in [1.54, 1.807) is 24.3 Å². The van der Waals surface area contributed by atoms with Gasteiger partial charge in [0, 0.05) is 0 Å². The van der Waals surface area contributed by atoms with Crippen LogP contribution in [0.4, 0.5) is 0 Å². The fourth-order valence-corrected chi connectivity index (χ4v) is 2.58. The molecule has 0 aliphatic heterocycles. The van der Waals surface area contributed by atoms with Crippen LogP contribution in [0.25, 0.3) is 0 Å². The Morgan fingerprint density at radius 2 is 0.871 bits per heavy atom. The minimum absolute atomic E-state index is 0.00364. The zero-order chi connectivity index (χ0) is 21.6. The first kappa shape index (κ1) is 19.9. The highest BCUT2D eigenvalue weighted by molar-refractivity contribution is 5.36. The lowest BCUT2D eigenvalue weighted by molar-refractivity contribution is 0.362. The van der Waals surface area contributed by atoms with Crippen LogP contribution in [-0.2, 0) is 0 Å². The summed E-state index contributed by atoms with van der Waals surface area (Å²) in [5.41, 5.74) is 2.74. The second-order valence-electron chi connectivity index (χ2n) is 6.75. The van der Waals surface area contributed by atoms with Crippen molar-refractivity contribution >= 4 is 0 Å². The lowest BCUT2D eigenvalue weighted by atomic mass is 10.2. The van der Waals surface area contributed by atoms with Crippen molar-refractivity contribution in [2.75, 3.05) is 0 Å². The Morgan fingerprint density at radius 1 is 0.548 bits per heavy atom. The number of nitrogens with zero attached hydrogens (tertiary/aromatic N) is 4. The number of hydrogen-bond donors (Lipinski definition) is 0. The molecule has 0 spiro atoms. The molecule has 0 fully saturated rings. The van der Waals surface area contributed by atoms with Crippen LogP contribution in [0.2, 0.25) is 0 Å². The molecule has 4 aromatic rings. The first-order valence-electron chi connectivity index (χ1n) is 9.50. The highest BCUT2D eigenvalue weighted by Gasteiger charge is 2.13. The summed E-state index contributed by atoms with van der Waals surface area (Å²) in [6.07, 6.45) is 0. The maximum absolute atomic E-state index is 8.95. The monoisotopic (exact) mass is 410 g/mol. The predicted octanol–water partition coefficient (Wildman–Crippen LogP) is 5.74. The van der Waals surface area contributed by atoms with E-state index in [9.17, 15) is 0 Å². The van der Waals surface area contributed by atoms with E-state index in [1.807, 2.05) is 62.4 Å². The molecule has 1 heterocycles. The molecule has 152 valence electrons. The number of aryl methyl sites for hydroxylation is 2. The van der Waals surface area contributed by atoms with E-state index < -0.39 is 0 Å². The quantitative estimate of drug-likeness (QED) is 0.400. The van der Waals surface area contributed by atoms with Gasteiger partial charge in [-0.05, 0) is 62.4 Å². The standard InChI is InChI=1S/C24H18N4O3/c1-16-3-9-19(10-4-16)29-22-26-23(30-20-11-5-17(2)6-12-20)28-24(27-22)31-21-13-7-18(15-25)8-14-21/h3-14H,1-2H3. The lowest BCUT2D eigenvalue weighted by Gasteiger charge is -2.10. The van der Waals surface area contributed by atoms with Gasteiger partial charge in [-0.15, -0.1) is 15.0 Å². The molecule has 0 atom stereocenters. The molecular formula is C24H18N4O3. The van der Waals surface area contributed by atoms with Crippen molar-refractivity contribution < 1.29 is 14.2 Å². The van der Waals surface area contributed by atoms with Gasteiger partial charge in [-0.3, -0.25) is 0 Å². The van der Waals surface area contributed by atoms with Crippen molar-refractivity contribution in [3.05, 3.63) is 89.5 Å². The molecular weight excluding hydrogens is 392 g/mol. The molecule has 0 aliphatic carbocycles. The van der Waals surface area contributed by atoms with Crippen molar-refractivity contribution in [3.8, 4) is 41.3 Å². The van der Waals surface area contributed by atoms with Gasteiger partial charge in [0.25, 0.3) is 0 Å². The van der Waals surface area contributed by atoms with Crippen LogP contribution in [0, 0.1) is 25.2 Å². The van der Waals surface area contributed by atoms with Gasteiger partial charge in [0.05, 0.1) is 11.6 Å². The number of nitriles is 1. The third-order valence-corrected chi connectivity index (χ3v) is 4.23. The van der Waals surface area contributed by atoms with Gasteiger partial charge in [0.15, 0.2) is 0 Å². The highest BCUT2D eigenvalue weighted by Crippen LogP contribution is 2.27. The average molecular weight is 410 g/mol. The van der Waals surface area contributed by atoms with E-state index in [-0.39, 0.29) is 18.0 Å². The summed E-state index contributed by atoms with van der Waals surface area (Å²) in [7, 11) is 0. The number of benzene rings is 3. The van der Waals surface area contributed by atoms with Crippen LogP contribution >= 0.6 is 0 Å². The molecule has 7 nitrogen and oxygen atoms in total. The number of rotatable bonds is 6. The topological polar surface area (TPSA) is 90.1 Å². The molecule has 0 saturated heterocycles. The van der Waals surface area contributed by atoms with E-state index in [2.05, 4.69) is 21.0 Å². The largest absolute Gasteiger partial charge is 0.424 e. The zero-order valence-corrected chi connectivity index (χ0v) is 16.9. The molecule has 0 amide bonds. The van der Waals surface area contributed by atoms with Crippen LogP contribution in [0.3, 0.4) is 0 Å². The average Bonchev–Trinajstić information content (AvgIpc) is 2.77. The molecule has 0 radical (unpaired) electrons. The first-order valence-corrected chi connectivity index (χ1v) is 9.50. The van der Waals surface area contributed by atoms with Gasteiger partial charge in [-0.2, -0.15) is 5.26 Å². The Labute approximate surface area is 179 Å². The first-order chi connectivity index (χ1) is 15.1. The Kier molecular flexibility index (Phi) is 5.72. The smallest absolute Gasteiger partial charge is 0.331 e. The van der Waals surface area contributed by atoms with Crippen LogP contribution in [0.1, 0.15) is 16.7 Å². The SMILES string of the molecule is Cc1ccc(Oc2nc(Oc3ccc(C)cc3)nc(Oc3ccc(C#N)cc3)n2)cc1. The number of hydrogen-bond acceptors (Lipinski definition) is 7. The summed E-state index contributed by atoms with van der Waals surface area (Å²) in [5.74, 6) is 1.61. The van der Waals surface area contributed by atoms with Crippen molar-refractivity contribution in [3.63, 3.8) is 0 Å². The maximum Gasteiger partial charge on any atom is 0.331 e. The highest BCUT2D eigenvalue weighted by atomic mass is 16.5. The van der Waals surface area contributed by atoms with E-state index in [4.69, 9.17) is 19.5 Å². The lowest BCUT2D eigenvalue weighted by Crippen LogP contribution is -2.01. The molecule has 31 heavy (non-hydrogen) atoms. The predicted molar refractivity (Wildman–Crippen MR) is 114 cm³/mol. The summed E-state index contributed by atoms with van der Waals surface area (Å²) in [6, 6.07) is 23.7. The third-order valence-electron chi connectivity index (χ3n) is 4.23. The second-order valence-corrected chi connectivity index (χ2v) is 6.75. The Bertz CT molecular complexity index is 1150. The van der Waals surface area contributed by atoms with Gasteiger partial charge >= 0.3 is 18.0 Å². The van der Waals surface area contributed by atoms with Crippen molar-refractivity contribution in [2.24, 2.45) is 0 Å². The summed E-state index contributed by atoms with van der Waals surface area (Å²) < 4.78 is 17.3. The van der Waals surface area contributed by atoms with Gasteiger partial charge < -0.3 is 14.2 Å². The van der Waals surface area contributed by atoms with E-state index in [1.165, 1.54) is 0 Å². The molecule has 0 N–H and O–H groups in total. The summed E-state index contributed by atoms with van der Waals surface area (Å²) in [6.45, 7) is 3.98. The number of ether oxygens (including phenoxy) is 3. The Hall–Kier alpha value is -4.44. The van der Waals surface area contributed by atoms with E-state index in [0.717, 1.165) is 11.1 Å². The second kappa shape index (κ2) is 8.93. The van der Waals surface area contributed by atoms with E-state index in [0.29, 0.717) is 22.8 Å². The summed E-state index contributed by atoms with van der Waals surface area (Å²) >= 11 is 0. The fourth-order valence-electron chi connectivity index (χ4n) is 2.58. The van der Waals surface area contributed by atoms with Crippen molar-refractivity contribution in [2.45, 2.75) is 13.8 Å². The fraction of sp³-hybridized carbons (Fsp3) is 0.0833. The maximum atomic E-state index is 8.95. The summed E-state index contributed by atoms with van der Waals surface area (Å²) in [5, 5.41) is 8.95. The van der Waals surface area contributed by atoms with Crippen molar-refractivity contribution in [1.29, 1.82) is 5.26 Å².